The summed E-state index contributed by atoms with van der Waals surface area (Å²) in [6.07, 6.45) is 3.12. The number of hydrogen-bond acceptors (Lipinski definition) is 5. The van der Waals surface area contributed by atoms with Crippen LogP contribution in [0.2, 0.25) is 0 Å². The van der Waals surface area contributed by atoms with Crippen molar-refractivity contribution < 1.29 is 4.79 Å². The number of carbonyl (C=O) groups excluding carboxylic acids is 1. The highest BCUT2D eigenvalue weighted by atomic mass is 16.1. The Hall–Kier alpha value is -1.69. The van der Waals surface area contributed by atoms with Gasteiger partial charge in [-0.3, -0.25) is 4.79 Å². The SMILES string of the molecule is NC(=O)C1CNCCN1c1ccncn1. The molecule has 6 nitrogen and oxygen atoms in total. The number of primary amides is 1. The van der Waals surface area contributed by atoms with Gasteiger partial charge in [-0.05, 0) is 6.07 Å². The van der Waals surface area contributed by atoms with E-state index in [1.807, 2.05) is 4.90 Å². The van der Waals surface area contributed by atoms with Gasteiger partial charge in [-0.2, -0.15) is 0 Å². The van der Waals surface area contributed by atoms with Crippen molar-refractivity contribution in [2.75, 3.05) is 24.5 Å². The van der Waals surface area contributed by atoms with Crippen LogP contribution in [0.4, 0.5) is 5.82 Å². The van der Waals surface area contributed by atoms with Crippen LogP contribution < -0.4 is 16.0 Å². The van der Waals surface area contributed by atoms with Gasteiger partial charge >= 0.3 is 0 Å². The highest BCUT2D eigenvalue weighted by molar-refractivity contribution is 5.83. The number of aromatic nitrogens is 2. The maximum Gasteiger partial charge on any atom is 0.241 e. The quantitative estimate of drug-likeness (QED) is 0.632. The standard InChI is InChI=1S/C9H13N5O/c10-9(15)7-5-11-3-4-14(7)8-1-2-12-6-13-8/h1-2,6-7,11H,3-5H2,(H2,10,15). The summed E-state index contributed by atoms with van der Waals surface area (Å²) in [6.45, 7) is 2.12. The number of nitrogens with one attached hydrogen (secondary N) is 1. The molecule has 1 amide bonds. The molecule has 0 radical (unpaired) electrons. The summed E-state index contributed by atoms with van der Waals surface area (Å²) < 4.78 is 0. The van der Waals surface area contributed by atoms with Crippen LogP contribution >= 0.6 is 0 Å². The van der Waals surface area contributed by atoms with E-state index in [-0.39, 0.29) is 11.9 Å². The highest BCUT2D eigenvalue weighted by Crippen LogP contribution is 2.13. The van der Waals surface area contributed by atoms with E-state index in [0.717, 1.165) is 18.9 Å². The number of amides is 1. The number of piperazine rings is 1. The Morgan fingerprint density at radius 3 is 3.20 bits per heavy atom. The van der Waals surface area contributed by atoms with Crippen LogP contribution in [-0.4, -0.2) is 41.6 Å². The minimum atomic E-state index is -0.333. The van der Waals surface area contributed by atoms with E-state index in [0.29, 0.717) is 6.54 Å². The molecular formula is C9H13N5O. The van der Waals surface area contributed by atoms with Gasteiger partial charge in [-0.1, -0.05) is 0 Å². The van der Waals surface area contributed by atoms with Crippen molar-refractivity contribution >= 4 is 11.7 Å². The van der Waals surface area contributed by atoms with Crippen molar-refractivity contribution in [3.05, 3.63) is 18.6 Å². The fraction of sp³-hybridized carbons (Fsp3) is 0.444. The molecule has 0 aromatic carbocycles. The minimum absolute atomic E-state index is 0.325. The van der Waals surface area contributed by atoms with Crippen molar-refractivity contribution in [2.24, 2.45) is 5.73 Å². The molecule has 1 aromatic rings. The summed E-state index contributed by atoms with van der Waals surface area (Å²) in [5, 5.41) is 3.13. The van der Waals surface area contributed by atoms with Crippen molar-refractivity contribution in [3.63, 3.8) is 0 Å². The number of carbonyl (C=O) groups is 1. The van der Waals surface area contributed by atoms with E-state index in [1.54, 1.807) is 12.3 Å². The molecular weight excluding hydrogens is 194 g/mol. The van der Waals surface area contributed by atoms with Crippen molar-refractivity contribution in [1.29, 1.82) is 0 Å². The zero-order valence-corrected chi connectivity index (χ0v) is 8.26. The number of anilines is 1. The summed E-state index contributed by atoms with van der Waals surface area (Å²) >= 11 is 0. The predicted molar refractivity (Wildman–Crippen MR) is 55.2 cm³/mol. The third kappa shape index (κ3) is 2.04. The predicted octanol–water partition coefficient (Wildman–Crippen LogP) is -1.26. The third-order valence-electron chi connectivity index (χ3n) is 2.43. The molecule has 2 heterocycles. The van der Waals surface area contributed by atoms with Crippen LogP contribution in [0.5, 0.6) is 0 Å². The van der Waals surface area contributed by atoms with Gasteiger partial charge in [0.15, 0.2) is 0 Å². The van der Waals surface area contributed by atoms with Gasteiger partial charge in [0.05, 0.1) is 0 Å². The zero-order valence-electron chi connectivity index (χ0n) is 8.26. The Morgan fingerprint density at radius 1 is 1.67 bits per heavy atom. The van der Waals surface area contributed by atoms with E-state index < -0.39 is 0 Å². The zero-order chi connectivity index (χ0) is 10.7. The maximum absolute atomic E-state index is 11.2. The van der Waals surface area contributed by atoms with Crippen LogP contribution in [0.25, 0.3) is 0 Å². The molecule has 15 heavy (non-hydrogen) atoms. The van der Waals surface area contributed by atoms with E-state index in [2.05, 4.69) is 15.3 Å². The smallest absolute Gasteiger partial charge is 0.241 e. The van der Waals surface area contributed by atoms with Gasteiger partial charge in [-0.15, -0.1) is 0 Å². The summed E-state index contributed by atoms with van der Waals surface area (Å²) in [5.74, 6) is 0.413. The Kier molecular flexibility index (Phi) is 2.77. The maximum atomic E-state index is 11.2. The molecule has 1 aliphatic heterocycles. The molecule has 0 bridgehead atoms. The molecule has 1 fully saturated rings. The van der Waals surface area contributed by atoms with Crippen LogP contribution in [0.3, 0.4) is 0 Å². The van der Waals surface area contributed by atoms with Gasteiger partial charge in [0.25, 0.3) is 0 Å². The molecule has 1 atom stereocenters. The highest BCUT2D eigenvalue weighted by Gasteiger charge is 2.27. The Morgan fingerprint density at radius 2 is 2.53 bits per heavy atom. The number of rotatable bonds is 2. The first-order valence-electron chi connectivity index (χ1n) is 4.82. The first-order chi connectivity index (χ1) is 7.29. The average molecular weight is 207 g/mol. The van der Waals surface area contributed by atoms with Crippen molar-refractivity contribution in [1.82, 2.24) is 15.3 Å². The Labute approximate surface area is 87.5 Å². The number of nitrogens with zero attached hydrogens (tertiary/aromatic N) is 3. The van der Waals surface area contributed by atoms with Gasteiger partial charge in [-0.25, -0.2) is 9.97 Å². The van der Waals surface area contributed by atoms with Gasteiger partial charge in [0.2, 0.25) is 5.91 Å². The lowest BCUT2D eigenvalue weighted by atomic mass is 10.2. The minimum Gasteiger partial charge on any atom is -0.368 e. The molecule has 0 spiro atoms. The van der Waals surface area contributed by atoms with Crippen LogP contribution in [0.15, 0.2) is 18.6 Å². The first kappa shape index (κ1) is 9.85. The van der Waals surface area contributed by atoms with E-state index >= 15 is 0 Å². The summed E-state index contributed by atoms with van der Waals surface area (Å²) in [7, 11) is 0. The van der Waals surface area contributed by atoms with Gasteiger partial charge < -0.3 is 16.0 Å². The van der Waals surface area contributed by atoms with Crippen molar-refractivity contribution in [3.8, 4) is 0 Å². The lowest BCUT2D eigenvalue weighted by Crippen LogP contribution is -2.57. The molecule has 0 saturated carbocycles. The molecule has 1 unspecified atom stereocenters. The summed E-state index contributed by atoms with van der Waals surface area (Å²) in [5.41, 5.74) is 5.33. The van der Waals surface area contributed by atoms with Gasteiger partial charge in [0, 0.05) is 25.8 Å². The molecule has 3 N–H and O–H groups in total. The number of nitrogens with two attached hydrogens (primary N) is 1. The molecule has 0 aliphatic carbocycles. The second-order valence-corrected chi connectivity index (χ2v) is 3.38. The van der Waals surface area contributed by atoms with Crippen molar-refractivity contribution in [2.45, 2.75) is 6.04 Å². The lowest BCUT2D eigenvalue weighted by Gasteiger charge is -2.34. The fourth-order valence-corrected chi connectivity index (χ4v) is 1.69. The number of hydrogen-bond donors (Lipinski definition) is 2. The molecule has 2 rings (SSSR count). The summed E-state index contributed by atoms with van der Waals surface area (Å²) in [4.78, 5) is 21.1. The van der Waals surface area contributed by atoms with E-state index in [9.17, 15) is 4.79 Å². The molecule has 1 saturated heterocycles. The molecule has 80 valence electrons. The average Bonchev–Trinajstić information content (AvgIpc) is 2.30. The first-order valence-corrected chi connectivity index (χ1v) is 4.82. The van der Waals surface area contributed by atoms with Crippen LogP contribution in [0, 0.1) is 0 Å². The van der Waals surface area contributed by atoms with Gasteiger partial charge in [0.1, 0.15) is 18.2 Å². The van der Waals surface area contributed by atoms with E-state index in [1.165, 1.54) is 6.33 Å². The molecule has 1 aromatic heterocycles. The lowest BCUT2D eigenvalue weighted by molar-refractivity contribution is -0.119. The second-order valence-electron chi connectivity index (χ2n) is 3.38. The van der Waals surface area contributed by atoms with Crippen LogP contribution in [-0.2, 0) is 4.79 Å². The fourth-order valence-electron chi connectivity index (χ4n) is 1.69. The monoisotopic (exact) mass is 207 g/mol. The normalized spacial score (nSPS) is 21.3. The topological polar surface area (TPSA) is 84.1 Å². The Bertz CT molecular complexity index is 342. The molecule has 6 heteroatoms. The van der Waals surface area contributed by atoms with E-state index in [4.69, 9.17) is 5.73 Å². The third-order valence-corrected chi connectivity index (χ3v) is 2.43. The summed E-state index contributed by atoms with van der Waals surface area (Å²) in [6, 6.07) is 1.45. The largest absolute Gasteiger partial charge is 0.368 e. The van der Waals surface area contributed by atoms with Crippen LogP contribution in [0.1, 0.15) is 0 Å². The molecule has 1 aliphatic rings. The second kappa shape index (κ2) is 4.22. The Balaban J connectivity index is 2.22.